The number of fused-ring (bicyclic) bond motifs is 1. The molecule has 88 valence electrons. The summed E-state index contributed by atoms with van der Waals surface area (Å²) in [5, 5.41) is 7.63. The van der Waals surface area contributed by atoms with Gasteiger partial charge in [-0.1, -0.05) is 12.2 Å². The maximum absolute atomic E-state index is 5.33. The highest BCUT2D eigenvalue weighted by molar-refractivity contribution is 7.71. The summed E-state index contributed by atoms with van der Waals surface area (Å²) in [6.45, 7) is 1.78. The van der Waals surface area contributed by atoms with Gasteiger partial charge in [0.25, 0.3) is 0 Å². The summed E-state index contributed by atoms with van der Waals surface area (Å²) in [5.74, 6) is 0.760. The molecule has 0 bridgehead atoms. The summed E-state index contributed by atoms with van der Waals surface area (Å²) >= 11 is 5.33. The van der Waals surface area contributed by atoms with E-state index < -0.39 is 0 Å². The Morgan fingerprint density at radius 2 is 2.35 bits per heavy atom. The Morgan fingerprint density at radius 3 is 3.12 bits per heavy atom. The lowest BCUT2D eigenvalue weighted by Crippen LogP contribution is -2.25. The van der Waals surface area contributed by atoms with Crippen LogP contribution in [0.25, 0.3) is 11.5 Å². The van der Waals surface area contributed by atoms with Gasteiger partial charge >= 0.3 is 0 Å². The van der Waals surface area contributed by atoms with Crippen LogP contribution in [0.2, 0.25) is 0 Å². The third kappa shape index (κ3) is 1.89. The van der Waals surface area contributed by atoms with Crippen molar-refractivity contribution in [3.63, 3.8) is 0 Å². The van der Waals surface area contributed by atoms with Crippen LogP contribution in [0, 0.1) is 4.64 Å². The molecule has 0 radical (unpaired) electrons. The van der Waals surface area contributed by atoms with Crippen molar-refractivity contribution in [2.75, 3.05) is 6.54 Å². The molecule has 0 aromatic carbocycles. The molecule has 1 aliphatic heterocycles. The normalized spacial score (nSPS) is 14.6. The van der Waals surface area contributed by atoms with Crippen molar-refractivity contribution in [3.05, 3.63) is 28.2 Å². The van der Waals surface area contributed by atoms with E-state index in [1.165, 1.54) is 5.69 Å². The van der Waals surface area contributed by atoms with E-state index in [1.807, 2.05) is 19.3 Å². The molecule has 0 atom stereocenters. The lowest BCUT2D eigenvalue weighted by Gasteiger charge is -2.17. The maximum atomic E-state index is 5.33. The van der Waals surface area contributed by atoms with Crippen LogP contribution in [0.1, 0.15) is 11.3 Å². The number of hydrogen-bond acceptors (Lipinski definition) is 4. The van der Waals surface area contributed by atoms with Gasteiger partial charge in [-0.3, -0.25) is 4.68 Å². The molecule has 6 heteroatoms. The summed E-state index contributed by atoms with van der Waals surface area (Å²) in [5.41, 5.74) is 3.13. The number of hydrogen-bond donors (Lipinski definition) is 2. The average molecular weight is 247 g/mol. The van der Waals surface area contributed by atoms with Gasteiger partial charge in [0.15, 0.2) is 5.82 Å². The lowest BCUT2D eigenvalue weighted by molar-refractivity contribution is 0.624. The molecular formula is C11H13N5S. The molecule has 0 amide bonds. The van der Waals surface area contributed by atoms with Crippen molar-refractivity contribution in [1.82, 2.24) is 25.1 Å². The summed E-state index contributed by atoms with van der Waals surface area (Å²) in [6.07, 6.45) is 2.86. The Kier molecular flexibility index (Phi) is 2.53. The number of nitrogens with one attached hydrogen (secondary N) is 2. The zero-order valence-corrected chi connectivity index (χ0v) is 10.3. The van der Waals surface area contributed by atoms with E-state index in [0.717, 1.165) is 36.6 Å². The Balaban J connectivity index is 2.13. The fourth-order valence-electron chi connectivity index (χ4n) is 2.03. The van der Waals surface area contributed by atoms with Gasteiger partial charge in [0.1, 0.15) is 10.3 Å². The highest BCUT2D eigenvalue weighted by Gasteiger charge is 2.14. The van der Waals surface area contributed by atoms with Crippen LogP contribution in [0.15, 0.2) is 12.3 Å². The fourth-order valence-corrected chi connectivity index (χ4v) is 2.32. The zero-order chi connectivity index (χ0) is 11.8. The van der Waals surface area contributed by atoms with E-state index >= 15 is 0 Å². The Bertz CT molecular complexity index is 613. The molecule has 2 N–H and O–H groups in total. The molecule has 3 heterocycles. The Hall–Kier alpha value is -1.53. The van der Waals surface area contributed by atoms with Gasteiger partial charge in [-0.15, -0.1) is 0 Å². The van der Waals surface area contributed by atoms with Crippen molar-refractivity contribution in [1.29, 1.82) is 0 Å². The first-order valence-electron chi connectivity index (χ1n) is 5.57. The Morgan fingerprint density at radius 1 is 1.47 bits per heavy atom. The smallest absolute Gasteiger partial charge is 0.159 e. The third-order valence-electron chi connectivity index (χ3n) is 2.91. The van der Waals surface area contributed by atoms with Gasteiger partial charge < -0.3 is 10.3 Å². The lowest BCUT2D eigenvalue weighted by atomic mass is 10.1. The average Bonchev–Trinajstić information content (AvgIpc) is 2.76. The second-order valence-corrected chi connectivity index (χ2v) is 4.54. The first-order valence-corrected chi connectivity index (χ1v) is 5.97. The predicted molar refractivity (Wildman–Crippen MR) is 67.0 cm³/mol. The second-order valence-electron chi connectivity index (χ2n) is 4.15. The molecule has 0 fully saturated rings. The van der Waals surface area contributed by atoms with Crippen molar-refractivity contribution in [2.24, 2.45) is 7.05 Å². The molecule has 0 saturated carbocycles. The van der Waals surface area contributed by atoms with Crippen LogP contribution in [0.4, 0.5) is 0 Å². The molecule has 5 nitrogen and oxygen atoms in total. The number of nitrogens with zero attached hydrogens (tertiary/aromatic N) is 3. The fraction of sp³-hybridized carbons (Fsp3) is 0.364. The van der Waals surface area contributed by atoms with Crippen LogP contribution in [0.3, 0.4) is 0 Å². The molecule has 0 aliphatic carbocycles. The van der Waals surface area contributed by atoms with E-state index in [-0.39, 0.29) is 0 Å². The Labute approximate surface area is 104 Å². The van der Waals surface area contributed by atoms with Crippen LogP contribution >= 0.6 is 12.2 Å². The van der Waals surface area contributed by atoms with Gasteiger partial charge in [-0.2, -0.15) is 5.10 Å². The van der Waals surface area contributed by atoms with Crippen molar-refractivity contribution >= 4 is 12.2 Å². The summed E-state index contributed by atoms with van der Waals surface area (Å²) in [6, 6.07) is 1.93. The molecule has 0 unspecified atom stereocenters. The monoisotopic (exact) mass is 247 g/mol. The molecule has 3 rings (SSSR count). The van der Waals surface area contributed by atoms with Gasteiger partial charge in [0.2, 0.25) is 0 Å². The van der Waals surface area contributed by atoms with Crippen LogP contribution in [-0.4, -0.2) is 26.3 Å². The number of rotatable bonds is 1. The molecular weight excluding hydrogens is 234 g/mol. The third-order valence-corrected chi connectivity index (χ3v) is 3.25. The number of aromatic nitrogens is 4. The number of aryl methyl sites for hydroxylation is 1. The molecule has 2 aromatic rings. The van der Waals surface area contributed by atoms with E-state index in [1.54, 1.807) is 4.68 Å². The SMILES string of the molecule is Cn1ccc(-c2nc(=S)c3c([nH]2)CCNC3)n1. The van der Waals surface area contributed by atoms with E-state index in [2.05, 4.69) is 20.4 Å². The molecule has 0 saturated heterocycles. The highest BCUT2D eigenvalue weighted by atomic mass is 32.1. The first-order chi connectivity index (χ1) is 8.24. The standard InChI is InChI=1S/C11H13N5S/c1-16-5-3-9(15-16)10-13-8-2-4-12-6-7(8)11(17)14-10/h3,5,12H,2,4,6H2,1H3,(H,13,14,17). The molecule has 2 aromatic heterocycles. The largest absolute Gasteiger partial charge is 0.341 e. The minimum absolute atomic E-state index is 0.673. The van der Waals surface area contributed by atoms with Gasteiger partial charge in [-0.05, 0) is 6.07 Å². The summed E-state index contributed by atoms with van der Waals surface area (Å²) in [7, 11) is 1.89. The van der Waals surface area contributed by atoms with Gasteiger partial charge in [0.05, 0.1) is 0 Å². The van der Waals surface area contributed by atoms with Gasteiger partial charge in [-0.25, -0.2) is 4.98 Å². The van der Waals surface area contributed by atoms with Gasteiger partial charge in [0, 0.05) is 44.0 Å². The molecule has 0 spiro atoms. The highest BCUT2D eigenvalue weighted by Crippen LogP contribution is 2.17. The first kappa shape index (κ1) is 10.6. The van der Waals surface area contributed by atoms with Crippen LogP contribution < -0.4 is 5.32 Å². The summed E-state index contributed by atoms with van der Waals surface area (Å²) < 4.78 is 2.43. The number of H-pyrrole nitrogens is 1. The zero-order valence-electron chi connectivity index (χ0n) is 9.53. The minimum Gasteiger partial charge on any atom is -0.341 e. The molecule has 1 aliphatic rings. The van der Waals surface area contributed by atoms with E-state index in [4.69, 9.17) is 12.2 Å². The quantitative estimate of drug-likeness (QED) is 0.743. The maximum Gasteiger partial charge on any atom is 0.159 e. The van der Waals surface area contributed by atoms with E-state index in [9.17, 15) is 0 Å². The van der Waals surface area contributed by atoms with Crippen molar-refractivity contribution in [3.8, 4) is 11.5 Å². The minimum atomic E-state index is 0.673. The molecule has 17 heavy (non-hydrogen) atoms. The predicted octanol–water partition coefficient (Wildman–Crippen LogP) is 1.19. The van der Waals surface area contributed by atoms with Crippen molar-refractivity contribution in [2.45, 2.75) is 13.0 Å². The summed E-state index contributed by atoms with van der Waals surface area (Å²) in [4.78, 5) is 7.76. The van der Waals surface area contributed by atoms with Crippen LogP contribution in [0.5, 0.6) is 0 Å². The van der Waals surface area contributed by atoms with Crippen molar-refractivity contribution < 1.29 is 0 Å². The second kappa shape index (κ2) is 4.05. The van der Waals surface area contributed by atoms with E-state index in [0.29, 0.717) is 4.64 Å². The topological polar surface area (TPSA) is 58.5 Å². The van der Waals surface area contributed by atoms with Crippen LogP contribution in [-0.2, 0) is 20.0 Å². The number of aromatic amines is 1.